The summed E-state index contributed by atoms with van der Waals surface area (Å²) in [6.07, 6.45) is 1.09. The Bertz CT molecular complexity index is 106. The summed E-state index contributed by atoms with van der Waals surface area (Å²) in [5, 5.41) is 8.19. The largest absolute Gasteiger partial charge is 0.495 e. The quantitative estimate of drug-likeness (QED) is 0.249. The Labute approximate surface area is 46.6 Å². The zero-order valence-corrected chi connectivity index (χ0v) is 4.40. The summed E-state index contributed by atoms with van der Waals surface area (Å²) < 4.78 is 0. The lowest BCUT2D eigenvalue weighted by molar-refractivity contribution is 0.407. The molecule has 0 aliphatic rings. The molecular formula is C3H6N2OS. The van der Waals surface area contributed by atoms with Crippen LogP contribution in [0.4, 0.5) is 0 Å². The maximum absolute atomic E-state index is 8.19. The average Bonchev–Trinajstić information content (AvgIpc) is 1.27. The molecule has 7 heavy (non-hydrogen) atoms. The molecule has 5 N–H and O–H groups in total. The van der Waals surface area contributed by atoms with Crippen molar-refractivity contribution in [3.8, 4) is 0 Å². The van der Waals surface area contributed by atoms with E-state index in [1.807, 2.05) is 0 Å². The number of rotatable bonds is 1. The van der Waals surface area contributed by atoms with Crippen LogP contribution in [0, 0.1) is 0 Å². The van der Waals surface area contributed by atoms with Gasteiger partial charge in [0.15, 0.2) is 5.88 Å². The number of nitrogens with two attached hydrogens (primary N) is 2. The molecule has 4 heteroatoms. The second-order valence-electron chi connectivity index (χ2n) is 0.972. The third-order valence-electron chi connectivity index (χ3n) is 0.290. The van der Waals surface area contributed by atoms with Crippen LogP contribution in [0.1, 0.15) is 0 Å². The molecule has 0 rings (SSSR count). The van der Waals surface area contributed by atoms with Crippen LogP contribution in [0.3, 0.4) is 0 Å². The van der Waals surface area contributed by atoms with Crippen molar-refractivity contribution in [2.75, 3.05) is 0 Å². The molecule has 0 saturated heterocycles. The summed E-state index contributed by atoms with van der Waals surface area (Å²) in [4.78, 5) is 0.0833. The first-order chi connectivity index (χ1) is 3.13. The molecule has 0 spiro atoms. The predicted octanol–water partition coefficient (Wildman–Crippen LogP) is -0.369. The summed E-state index contributed by atoms with van der Waals surface area (Å²) in [6, 6.07) is 0. The second-order valence-corrected chi connectivity index (χ2v) is 1.44. The first kappa shape index (κ1) is 6.23. The van der Waals surface area contributed by atoms with Crippen molar-refractivity contribution in [3.63, 3.8) is 0 Å². The Morgan fingerprint density at radius 2 is 2.00 bits per heavy atom. The highest BCUT2D eigenvalue weighted by Crippen LogP contribution is 1.72. The average molecular weight is 118 g/mol. The smallest absolute Gasteiger partial charge is 0.184 e. The first-order valence-electron chi connectivity index (χ1n) is 1.58. The molecule has 40 valence electrons. The molecule has 0 saturated carbocycles. The van der Waals surface area contributed by atoms with Crippen LogP contribution in [0.15, 0.2) is 12.0 Å². The highest BCUT2D eigenvalue weighted by atomic mass is 32.1. The van der Waals surface area contributed by atoms with Gasteiger partial charge in [0.2, 0.25) is 0 Å². The van der Waals surface area contributed by atoms with Crippen LogP contribution in [-0.4, -0.2) is 10.1 Å². The SMILES string of the molecule is NC(=S)/C=C(\N)O. The fraction of sp³-hybridized carbons (Fsp3) is 0. The monoisotopic (exact) mass is 118 g/mol. The second kappa shape index (κ2) is 2.41. The molecule has 0 aliphatic carbocycles. The lowest BCUT2D eigenvalue weighted by Crippen LogP contribution is -2.07. The third kappa shape index (κ3) is 5.23. The van der Waals surface area contributed by atoms with Crippen molar-refractivity contribution >= 4 is 17.2 Å². The first-order valence-corrected chi connectivity index (χ1v) is 1.99. The highest BCUT2D eigenvalue weighted by molar-refractivity contribution is 7.80. The molecule has 3 nitrogen and oxygen atoms in total. The van der Waals surface area contributed by atoms with E-state index in [4.69, 9.17) is 16.6 Å². The minimum atomic E-state index is -0.354. The molecule has 0 atom stereocenters. The lowest BCUT2D eigenvalue weighted by atomic mass is 10.6. The van der Waals surface area contributed by atoms with E-state index >= 15 is 0 Å². The van der Waals surface area contributed by atoms with Crippen molar-refractivity contribution in [2.24, 2.45) is 11.5 Å². The van der Waals surface area contributed by atoms with Crippen LogP contribution < -0.4 is 11.5 Å². The molecule has 0 aliphatic heterocycles. The van der Waals surface area contributed by atoms with E-state index in [2.05, 4.69) is 12.2 Å². The van der Waals surface area contributed by atoms with Gasteiger partial charge in [-0.1, -0.05) is 12.2 Å². The van der Waals surface area contributed by atoms with E-state index < -0.39 is 0 Å². The maximum Gasteiger partial charge on any atom is 0.184 e. The molecule has 0 aromatic carbocycles. The van der Waals surface area contributed by atoms with Gasteiger partial charge >= 0.3 is 0 Å². The molecular weight excluding hydrogens is 112 g/mol. The molecule has 0 fully saturated rings. The molecule has 0 amide bonds. The standard InChI is InChI=1S/C3H6N2OS/c4-2(6)1-3(5)7/h1,6H,4H2,(H2,5,7)/b2-1+. The van der Waals surface area contributed by atoms with Gasteiger partial charge in [0.05, 0.1) is 0 Å². The van der Waals surface area contributed by atoms with Crippen molar-refractivity contribution in [1.29, 1.82) is 0 Å². The topological polar surface area (TPSA) is 72.3 Å². The molecule has 0 bridgehead atoms. The Morgan fingerprint density at radius 3 is 2.00 bits per heavy atom. The summed E-state index contributed by atoms with van der Waals surface area (Å²) in [5.74, 6) is -0.354. The van der Waals surface area contributed by atoms with Gasteiger partial charge in [-0.05, 0) is 0 Å². The number of aliphatic hydroxyl groups excluding tert-OH is 1. The third-order valence-corrected chi connectivity index (χ3v) is 0.408. The lowest BCUT2D eigenvalue weighted by Gasteiger charge is -1.84. The van der Waals surface area contributed by atoms with Crippen molar-refractivity contribution < 1.29 is 5.11 Å². The zero-order chi connectivity index (χ0) is 5.86. The van der Waals surface area contributed by atoms with Crippen LogP contribution >= 0.6 is 12.2 Å². The molecule has 0 aromatic rings. The van der Waals surface area contributed by atoms with E-state index in [-0.39, 0.29) is 10.9 Å². The summed E-state index contributed by atoms with van der Waals surface area (Å²) in [7, 11) is 0. The molecule has 0 heterocycles. The van der Waals surface area contributed by atoms with Crippen LogP contribution in [0.5, 0.6) is 0 Å². The van der Waals surface area contributed by atoms with Crippen molar-refractivity contribution in [2.45, 2.75) is 0 Å². The highest BCUT2D eigenvalue weighted by Gasteiger charge is 1.79. The van der Waals surface area contributed by atoms with E-state index in [0.29, 0.717) is 0 Å². The van der Waals surface area contributed by atoms with Crippen LogP contribution in [0.25, 0.3) is 0 Å². The fourth-order valence-corrected chi connectivity index (χ4v) is 0.266. The van der Waals surface area contributed by atoms with E-state index in [9.17, 15) is 0 Å². The number of thiocarbonyl (C=S) groups is 1. The van der Waals surface area contributed by atoms with E-state index in [1.165, 1.54) is 0 Å². The summed E-state index contributed by atoms with van der Waals surface area (Å²) >= 11 is 4.33. The van der Waals surface area contributed by atoms with Crippen LogP contribution in [-0.2, 0) is 0 Å². The molecule has 0 unspecified atom stereocenters. The summed E-state index contributed by atoms with van der Waals surface area (Å²) in [6.45, 7) is 0. The van der Waals surface area contributed by atoms with Crippen LogP contribution in [0.2, 0.25) is 0 Å². The van der Waals surface area contributed by atoms with Gasteiger partial charge in [-0.2, -0.15) is 0 Å². The van der Waals surface area contributed by atoms with E-state index in [1.54, 1.807) is 0 Å². The van der Waals surface area contributed by atoms with Crippen molar-refractivity contribution in [3.05, 3.63) is 12.0 Å². The Kier molecular flexibility index (Phi) is 2.15. The van der Waals surface area contributed by atoms with Gasteiger partial charge < -0.3 is 16.6 Å². The van der Waals surface area contributed by atoms with Gasteiger partial charge in [-0.3, -0.25) is 0 Å². The Morgan fingerprint density at radius 1 is 1.57 bits per heavy atom. The minimum absolute atomic E-state index is 0.0833. The number of hydrogen-bond acceptors (Lipinski definition) is 3. The fourth-order valence-electron chi connectivity index (χ4n) is 0.146. The number of hydrogen-bond donors (Lipinski definition) is 3. The van der Waals surface area contributed by atoms with Gasteiger partial charge in [-0.25, -0.2) is 0 Å². The normalized spacial score (nSPS) is 11.1. The maximum atomic E-state index is 8.19. The van der Waals surface area contributed by atoms with Gasteiger partial charge in [0, 0.05) is 6.08 Å². The van der Waals surface area contributed by atoms with E-state index in [0.717, 1.165) is 6.08 Å². The predicted molar refractivity (Wildman–Crippen MR) is 31.7 cm³/mol. The Balaban J connectivity index is 3.68. The Hall–Kier alpha value is -0.770. The number of aliphatic hydroxyl groups is 1. The van der Waals surface area contributed by atoms with Gasteiger partial charge in [-0.15, -0.1) is 0 Å². The van der Waals surface area contributed by atoms with Gasteiger partial charge in [0.1, 0.15) is 4.99 Å². The van der Waals surface area contributed by atoms with Gasteiger partial charge in [0.25, 0.3) is 0 Å². The zero-order valence-electron chi connectivity index (χ0n) is 3.59. The minimum Gasteiger partial charge on any atom is -0.495 e. The molecule has 0 aromatic heterocycles. The summed E-state index contributed by atoms with van der Waals surface area (Å²) in [5.41, 5.74) is 9.65. The van der Waals surface area contributed by atoms with Crippen molar-refractivity contribution in [1.82, 2.24) is 0 Å². The molecule has 0 radical (unpaired) electrons.